The molecule has 1 heterocycles. The molecule has 122 valence electrons. The van der Waals surface area contributed by atoms with Crippen LogP contribution in [0.2, 0.25) is 0 Å². The van der Waals surface area contributed by atoms with Crippen molar-refractivity contribution in [3.63, 3.8) is 0 Å². The van der Waals surface area contributed by atoms with Crippen molar-refractivity contribution in [3.8, 4) is 0 Å². The minimum absolute atomic E-state index is 0.0652. The maximum absolute atomic E-state index is 12.6. The number of aliphatic carboxylic acids is 1. The highest BCUT2D eigenvalue weighted by Crippen LogP contribution is 2.33. The first-order valence-electron chi connectivity index (χ1n) is 7.81. The number of nitrogens with one attached hydrogen (secondary N) is 1. The predicted octanol–water partition coefficient (Wildman–Crippen LogP) is 1.73. The molecule has 2 rings (SSSR count). The van der Waals surface area contributed by atoms with E-state index in [1.54, 1.807) is 0 Å². The zero-order valence-corrected chi connectivity index (χ0v) is 13.7. The standard InChI is InChI=1S/C14H26N2O4S/c1-11-6-8-14(9-7-11,13(17)18)15-21(19,20)16-10-4-3-5-12(16)2/h11-12,15H,3-10H2,1-2H3,(H,17,18). The summed E-state index contributed by atoms with van der Waals surface area (Å²) in [6.45, 7) is 4.43. The van der Waals surface area contributed by atoms with Crippen molar-refractivity contribution in [2.45, 2.75) is 70.4 Å². The van der Waals surface area contributed by atoms with Crippen LogP contribution in [-0.4, -0.2) is 41.9 Å². The monoisotopic (exact) mass is 318 g/mol. The van der Waals surface area contributed by atoms with Gasteiger partial charge in [0.1, 0.15) is 5.54 Å². The lowest BCUT2D eigenvalue weighted by molar-refractivity contribution is -0.145. The zero-order chi connectivity index (χ0) is 15.7. The van der Waals surface area contributed by atoms with Gasteiger partial charge in [-0.2, -0.15) is 17.4 Å². The summed E-state index contributed by atoms with van der Waals surface area (Å²) in [6.07, 6.45) is 4.90. The summed E-state index contributed by atoms with van der Waals surface area (Å²) >= 11 is 0. The van der Waals surface area contributed by atoms with Gasteiger partial charge in [-0.1, -0.05) is 13.3 Å². The Bertz CT molecular complexity index is 483. The largest absolute Gasteiger partial charge is 0.480 e. The molecular weight excluding hydrogens is 292 g/mol. The SMILES string of the molecule is CC1CCC(NS(=O)(=O)N2CCCCC2C)(C(=O)O)CC1. The highest BCUT2D eigenvalue weighted by Gasteiger charge is 2.46. The maximum atomic E-state index is 12.6. The minimum Gasteiger partial charge on any atom is -0.480 e. The Morgan fingerprint density at radius 2 is 1.81 bits per heavy atom. The summed E-state index contributed by atoms with van der Waals surface area (Å²) in [4.78, 5) is 11.7. The lowest BCUT2D eigenvalue weighted by atomic mass is 9.78. The van der Waals surface area contributed by atoms with Crippen LogP contribution in [0.1, 0.15) is 58.8 Å². The Kier molecular flexibility index (Phi) is 4.95. The van der Waals surface area contributed by atoms with E-state index in [2.05, 4.69) is 11.6 Å². The Hall–Kier alpha value is -0.660. The third-order valence-corrected chi connectivity index (χ3v) is 6.72. The molecular formula is C14H26N2O4S. The molecule has 1 saturated carbocycles. The number of carboxylic acid groups (broad SMARTS) is 1. The summed E-state index contributed by atoms with van der Waals surface area (Å²) in [5.74, 6) is -0.599. The van der Waals surface area contributed by atoms with Gasteiger partial charge in [-0.3, -0.25) is 4.79 Å². The summed E-state index contributed by atoms with van der Waals surface area (Å²) in [5, 5.41) is 9.56. The van der Waals surface area contributed by atoms with E-state index in [4.69, 9.17) is 0 Å². The van der Waals surface area contributed by atoms with E-state index >= 15 is 0 Å². The van der Waals surface area contributed by atoms with Crippen LogP contribution in [-0.2, 0) is 15.0 Å². The first-order chi connectivity index (χ1) is 9.77. The predicted molar refractivity (Wildman–Crippen MR) is 80.1 cm³/mol. The van der Waals surface area contributed by atoms with Crippen LogP contribution in [0.15, 0.2) is 0 Å². The Morgan fingerprint density at radius 3 is 2.33 bits per heavy atom. The van der Waals surface area contributed by atoms with E-state index in [9.17, 15) is 18.3 Å². The van der Waals surface area contributed by atoms with Gasteiger partial charge in [0.05, 0.1) is 0 Å². The molecule has 2 aliphatic rings. The number of hydrogen-bond donors (Lipinski definition) is 2. The molecule has 0 bridgehead atoms. The van der Waals surface area contributed by atoms with Gasteiger partial charge in [0.2, 0.25) is 0 Å². The smallest absolute Gasteiger partial charge is 0.324 e. The van der Waals surface area contributed by atoms with E-state index in [0.29, 0.717) is 25.3 Å². The quantitative estimate of drug-likeness (QED) is 0.826. The van der Waals surface area contributed by atoms with Gasteiger partial charge in [-0.05, 0) is 51.4 Å². The van der Waals surface area contributed by atoms with Gasteiger partial charge >= 0.3 is 5.97 Å². The molecule has 0 spiro atoms. The second-order valence-electron chi connectivity index (χ2n) is 6.63. The third kappa shape index (κ3) is 3.57. The lowest BCUT2D eigenvalue weighted by Gasteiger charge is -2.39. The third-order valence-electron chi connectivity index (χ3n) is 4.91. The molecule has 0 aromatic carbocycles. The average molecular weight is 318 g/mol. The molecule has 0 aromatic heterocycles. The molecule has 2 N–H and O–H groups in total. The fourth-order valence-corrected chi connectivity index (χ4v) is 5.20. The van der Waals surface area contributed by atoms with E-state index in [1.807, 2.05) is 6.92 Å². The Balaban J connectivity index is 2.18. The topological polar surface area (TPSA) is 86.7 Å². The molecule has 2 fully saturated rings. The van der Waals surface area contributed by atoms with Crippen molar-refractivity contribution < 1.29 is 18.3 Å². The molecule has 1 saturated heterocycles. The second kappa shape index (κ2) is 6.22. The van der Waals surface area contributed by atoms with Gasteiger partial charge < -0.3 is 5.11 Å². The van der Waals surface area contributed by atoms with Crippen molar-refractivity contribution in [1.82, 2.24) is 9.03 Å². The normalized spacial score (nSPS) is 35.5. The molecule has 1 aliphatic carbocycles. The van der Waals surface area contributed by atoms with Crippen LogP contribution in [0, 0.1) is 5.92 Å². The van der Waals surface area contributed by atoms with Crippen molar-refractivity contribution in [3.05, 3.63) is 0 Å². The molecule has 1 atom stereocenters. The van der Waals surface area contributed by atoms with Crippen molar-refractivity contribution >= 4 is 16.2 Å². The number of piperidine rings is 1. The molecule has 7 heteroatoms. The van der Waals surface area contributed by atoms with Crippen LogP contribution in [0.5, 0.6) is 0 Å². The van der Waals surface area contributed by atoms with Crippen LogP contribution < -0.4 is 4.72 Å². The van der Waals surface area contributed by atoms with Crippen LogP contribution in [0.25, 0.3) is 0 Å². The average Bonchev–Trinajstić information content (AvgIpc) is 2.41. The maximum Gasteiger partial charge on any atom is 0.324 e. The molecule has 21 heavy (non-hydrogen) atoms. The second-order valence-corrected chi connectivity index (χ2v) is 8.26. The van der Waals surface area contributed by atoms with E-state index in [0.717, 1.165) is 32.1 Å². The highest BCUT2D eigenvalue weighted by atomic mass is 32.2. The first kappa shape index (κ1) is 16.7. The van der Waals surface area contributed by atoms with Crippen molar-refractivity contribution in [2.24, 2.45) is 5.92 Å². The first-order valence-corrected chi connectivity index (χ1v) is 9.25. The molecule has 6 nitrogen and oxygen atoms in total. The Morgan fingerprint density at radius 1 is 1.19 bits per heavy atom. The number of nitrogens with zero attached hydrogens (tertiary/aromatic N) is 1. The van der Waals surface area contributed by atoms with Gasteiger partial charge in [0.15, 0.2) is 0 Å². The molecule has 0 aromatic rings. The van der Waals surface area contributed by atoms with Crippen molar-refractivity contribution in [2.75, 3.05) is 6.54 Å². The number of rotatable bonds is 4. The fraction of sp³-hybridized carbons (Fsp3) is 0.929. The lowest BCUT2D eigenvalue weighted by Crippen LogP contribution is -2.60. The van der Waals surface area contributed by atoms with Crippen LogP contribution in [0.4, 0.5) is 0 Å². The van der Waals surface area contributed by atoms with Crippen LogP contribution in [0.3, 0.4) is 0 Å². The summed E-state index contributed by atoms with van der Waals surface area (Å²) < 4.78 is 29.2. The summed E-state index contributed by atoms with van der Waals surface area (Å²) in [6, 6.07) is -0.0652. The van der Waals surface area contributed by atoms with Gasteiger partial charge in [0, 0.05) is 12.6 Å². The van der Waals surface area contributed by atoms with Crippen molar-refractivity contribution in [1.29, 1.82) is 0 Å². The zero-order valence-electron chi connectivity index (χ0n) is 12.8. The minimum atomic E-state index is -3.75. The Labute approximate surface area is 127 Å². The summed E-state index contributed by atoms with van der Waals surface area (Å²) in [7, 11) is -3.75. The molecule has 0 amide bonds. The summed E-state index contributed by atoms with van der Waals surface area (Å²) in [5.41, 5.74) is -1.33. The van der Waals surface area contributed by atoms with Crippen LogP contribution >= 0.6 is 0 Å². The number of carboxylic acids is 1. The number of carbonyl (C=O) groups is 1. The van der Waals surface area contributed by atoms with Gasteiger partial charge in [-0.25, -0.2) is 0 Å². The van der Waals surface area contributed by atoms with E-state index in [-0.39, 0.29) is 6.04 Å². The van der Waals surface area contributed by atoms with Gasteiger partial charge in [0.25, 0.3) is 10.2 Å². The van der Waals surface area contributed by atoms with E-state index < -0.39 is 21.7 Å². The number of hydrogen-bond acceptors (Lipinski definition) is 3. The fourth-order valence-electron chi connectivity index (χ4n) is 3.35. The molecule has 0 radical (unpaired) electrons. The van der Waals surface area contributed by atoms with E-state index in [1.165, 1.54) is 4.31 Å². The molecule has 1 aliphatic heterocycles. The van der Waals surface area contributed by atoms with Gasteiger partial charge in [-0.15, -0.1) is 0 Å². The molecule has 1 unspecified atom stereocenters. The highest BCUT2D eigenvalue weighted by molar-refractivity contribution is 7.87.